The fourth-order valence-electron chi connectivity index (χ4n) is 3.87. The number of carbonyl (C=O) groups excluding carboxylic acids is 2. The number of imide groups is 1. The third-order valence-electron chi connectivity index (χ3n) is 5.88. The number of hydrogen-bond acceptors (Lipinski definition) is 3. The lowest BCUT2D eigenvalue weighted by atomic mass is 9.92. The number of alkyl halides is 3. The Morgan fingerprint density at radius 1 is 1.23 bits per heavy atom. The summed E-state index contributed by atoms with van der Waals surface area (Å²) in [4.78, 5) is 32.3. The molecule has 1 aromatic rings. The van der Waals surface area contributed by atoms with E-state index in [-0.39, 0.29) is 11.9 Å². The second-order valence-electron chi connectivity index (χ2n) is 8.78. The number of H-pyrrole nitrogens is 1. The molecule has 30 heavy (non-hydrogen) atoms. The minimum atomic E-state index is -4.37. The van der Waals surface area contributed by atoms with Gasteiger partial charge in [-0.2, -0.15) is 13.2 Å². The highest BCUT2D eigenvalue weighted by Gasteiger charge is 2.49. The number of pyridine rings is 1. The van der Waals surface area contributed by atoms with Crippen molar-refractivity contribution in [2.45, 2.75) is 45.3 Å². The maximum atomic E-state index is 12.8. The predicted octanol–water partition coefficient (Wildman–Crippen LogP) is 0.929. The van der Waals surface area contributed by atoms with Crippen LogP contribution in [0.25, 0.3) is 0 Å². The minimum absolute atomic E-state index is 0.181. The van der Waals surface area contributed by atoms with E-state index >= 15 is 0 Å². The average molecular weight is 429 g/mol. The number of piperazine rings is 1. The Morgan fingerprint density at radius 3 is 2.43 bits per heavy atom. The first-order valence-corrected chi connectivity index (χ1v) is 10.3. The van der Waals surface area contributed by atoms with Crippen molar-refractivity contribution in [2.75, 3.05) is 37.7 Å². The van der Waals surface area contributed by atoms with Gasteiger partial charge < -0.3 is 10.2 Å². The molecule has 0 aliphatic carbocycles. The number of aromatic amines is 1. The largest absolute Gasteiger partial charge is 0.419 e. The lowest BCUT2D eigenvalue weighted by Gasteiger charge is -2.30. The molecule has 1 aromatic heterocycles. The molecule has 1 atom stereocenters. The van der Waals surface area contributed by atoms with Crippen molar-refractivity contribution in [2.24, 2.45) is 5.92 Å². The van der Waals surface area contributed by atoms with Gasteiger partial charge in [0.25, 0.3) is 11.7 Å². The van der Waals surface area contributed by atoms with Crippen LogP contribution in [0, 0.1) is 5.92 Å². The Hall–Kier alpha value is -2.36. The van der Waals surface area contributed by atoms with Crippen molar-refractivity contribution in [1.29, 1.82) is 0 Å². The van der Waals surface area contributed by atoms with E-state index in [1.807, 2.05) is 4.90 Å². The molecule has 0 saturated carbocycles. The van der Waals surface area contributed by atoms with Crippen LogP contribution in [0.3, 0.4) is 0 Å². The first-order chi connectivity index (χ1) is 14.0. The summed E-state index contributed by atoms with van der Waals surface area (Å²) >= 11 is 0. The van der Waals surface area contributed by atoms with E-state index in [0.717, 1.165) is 23.6 Å². The number of hydrogen-bond donors (Lipinski definition) is 2. The number of rotatable bonds is 6. The van der Waals surface area contributed by atoms with Gasteiger partial charge in [0.2, 0.25) is 0 Å². The highest BCUT2D eigenvalue weighted by atomic mass is 19.4. The van der Waals surface area contributed by atoms with Gasteiger partial charge in [0, 0.05) is 6.07 Å². The first kappa shape index (κ1) is 22.3. The fourth-order valence-corrected chi connectivity index (χ4v) is 3.87. The highest BCUT2D eigenvalue weighted by molar-refractivity contribution is 6.06. The van der Waals surface area contributed by atoms with Crippen LogP contribution < -0.4 is 20.1 Å². The summed E-state index contributed by atoms with van der Waals surface area (Å²) in [5.74, 6) is 0.888. The molecule has 2 saturated heterocycles. The van der Waals surface area contributed by atoms with Gasteiger partial charge in [-0.15, -0.1) is 0 Å². The summed E-state index contributed by atoms with van der Waals surface area (Å²) in [7, 11) is 0. The Morgan fingerprint density at radius 2 is 1.90 bits per heavy atom. The number of quaternary nitrogens is 1. The number of nitrogens with one attached hydrogen (secondary N) is 3. The zero-order valence-corrected chi connectivity index (χ0v) is 17.6. The van der Waals surface area contributed by atoms with E-state index in [9.17, 15) is 22.8 Å². The Kier molecular flexibility index (Phi) is 6.26. The van der Waals surface area contributed by atoms with Crippen LogP contribution in [0.2, 0.25) is 0 Å². The zero-order chi connectivity index (χ0) is 22.1. The zero-order valence-electron chi connectivity index (χ0n) is 17.6. The van der Waals surface area contributed by atoms with Gasteiger partial charge in [-0.3, -0.25) is 9.69 Å². The molecule has 2 fully saturated rings. The van der Waals surface area contributed by atoms with Crippen molar-refractivity contribution < 1.29 is 32.6 Å². The molecule has 0 aromatic carbocycles. The molecule has 166 valence electrons. The summed E-state index contributed by atoms with van der Waals surface area (Å²) in [6, 6.07) is 2.15. The van der Waals surface area contributed by atoms with E-state index in [2.05, 4.69) is 24.1 Å². The molecular formula is C20H30F3N5O2+2. The van der Waals surface area contributed by atoms with Gasteiger partial charge in [-0.05, 0) is 31.7 Å². The Balaban J connectivity index is 1.54. The summed E-state index contributed by atoms with van der Waals surface area (Å²) in [5.41, 5.74) is -1.56. The number of carbonyl (C=O) groups is 2. The van der Waals surface area contributed by atoms with Crippen LogP contribution in [-0.2, 0) is 11.0 Å². The van der Waals surface area contributed by atoms with Crippen molar-refractivity contribution >= 4 is 17.8 Å². The molecule has 3 heterocycles. The van der Waals surface area contributed by atoms with Crippen LogP contribution in [0.15, 0.2) is 18.3 Å². The third kappa shape index (κ3) is 4.85. The SMILES string of the molecule is CC(C)CC[C@@]1(C)NC(=O)N(C[NH+]2CCN(c3ccc(C(F)(F)F)c[nH+]3)CC2)C1=O. The predicted molar refractivity (Wildman–Crippen MR) is 104 cm³/mol. The van der Waals surface area contributed by atoms with Crippen LogP contribution in [-0.4, -0.2) is 55.2 Å². The molecule has 0 spiro atoms. The number of aromatic nitrogens is 1. The van der Waals surface area contributed by atoms with E-state index in [0.29, 0.717) is 51.0 Å². The number of amides is 3. The van der Waals surface area contributed by atoms with Gasteiger partial charge in [0.1, 0.15) is 37.9 Å². The highest BCUT2D eigenvalue weighted by Crippen LogP contribution is 2.28. The summed E-state index contributed by atoms with van der Waals surface area (Å²) in [5, 5.41) is 2.84. The summed E-state index contributed by atoms with van der Waals surface area (Å²) in [6.07, 6.45) is -1.94. The van der Waals surface area contributed by atoms with Gasteiger partial charge >= 0.3 is 12.2 Å². The maximum absolute atomic E-state index is 12.8. The standard InChI is InChI=1S/C20H28F3N5O2/c1-14(2)6-7-19(3)17(29)28(18(30)25-19)13-26-8-10-27(11-9-26)16-5-4-15(12-24-16)20(21,22)23/h4-5,12,14H,6-11,13H2,1-3H3,(H,25,30)/p+2/t19-/m1/s1. The van der Waals surface area contributed by atoms with Crippen molar-refractivity contribution in [1.82, 2.24) is 10.2 Å². The molecule has 2 aliphatic rings. The molecule has 0 bridgehead atoms. The topological polar surface area (TPSA) is 71.2 Å². The van der Waals surface area contributed by atoms with E-state index in [4.69, 9.17) is 0 Å². The second-order valence-corrected chi connectivity index (χ2v) is 8.78. The molecule has 0 radical (unpaired) electrons. The summed E-state index contributed by atoms with van der Waals surface area (Å²) in [6.45, 7) is 8.83. The molecule has 3 N–H and O–H groups in total. The third-order valence-corrected chi connectivity index (χ3v) is 5.88. The number of anilines is 1. The normalized spacial score (nSPS) is 23.4. The maximum Gasteiger partial charge on any atom is 0.419 e. The van der Waals surface area contributed by atoms with E-state index < -0.39 is 17.3 Å². The second kappa shape index (κ2) is 8.41. The fraction of sp³-hybridized carbons (Fsp3) is 0.650. The minimum Gasteiger partial charge on any atom is -0.323 e. The van der Waals surface area contributed by atoms with Gasteiger partial charge in [-0.1, -0.05) is 13.8 Å². The number of urea groups is 1. The monoisotopic (exact) mass is 429 g/mol. The van der Waals surface area contributed by atoms with Crippen LogP contribution in [0.5, 0.6) is 0 Å². The Labute approximate surface area is 174 Å². The molecule has 3 amide bonds. The molecular weight excluding hydrogens is 399 g/mol. The molecule has 2 aliphatic heterocycles. The smallest absolute Gasteiger partial charge is 0.323 e. The molecule has 7 nitrogen and oxygen atoms in total. The molecule has 0 unspecified atom stereocenters. The van der Waals surface area contributed by atoms with E-state index in [1.54, 1.807) is 6.92 Å². The van der Waals surface area contributed by atoms with Crippen molar-refractivity contribution in [3.63, 3.8) is 0 Å². The van der Waals surface area contributed by atoms with Gasteiger partial charge in [-0.25, -0.2) is 14.7 Å². The van der Waals surface area contributed by atoms with Crippen LogP contribution in [0.4, 0.5) is 23.8 Å². The average Bonchev–Trinajstić information content (AvgIpc) is 2.90. The van der Waals surface area contributed by atoms with Crippen molar-refractivity contribution in [3.8, 4) is 0 Å². The summed E-state index contributed by atoms with van der Waals surface area (Å²) < 4.78 is 38.1. The number of nitrogens with zero attached hydrogens (tertiary/aromatic N) is 2. The first-order valence-electron chi connectivity index (χ1n) is 10.3. The lowest BCUT2D eigenvalue weighted by molar-refractivity contribution is -0.908. The molecule has 10 heteroatoms. The quantitative estimate of drug-likeness (QED) is 0.661. The number of halogens is 3. The Bertz CT molecular complexity index is 776. The van der Waals surface area contributed by atoms with Crippen molar-refractivity contribution in [3.05, 3.63) is 23.9 Å². The van der Waals surface area contributed by atoms with Crippen LogP contribution in [0.1, 0.15) is 39.2 Å². The van der Waals surface area contributed by atoms with Crippen LogP contribution >= 0.6 is 0 Å². The van der Waals surface area contributed by atoms with E-state index in [1.165, 1.54) is 11.0 Å². The lowest BCUT2D eigenvalue weighted by Crippen LogP contribution is -3.16. The van der Waals surface area contributed by atoms with Gasteiger partial charge in [0.05, 0.1) is 5.56 Å². The molecule has 3 rings (SSSR count). The van der Waals surface area contributed by atoms with Gasteiger partial charge in [0.15, 0.2) is 6.67 Å².